The van der Waals surface area contributed by atoms with Crippen molar-refractivity contribution in [3.63, 3.8) is 0 Å². The Morgan fingerprint density at radius 1 is 1.17 bits per heavy atom. The van der Waals surface area contributed by atoms with E-state index in [0.29, 0.717) is 0 Å². The molecule has 1 aliphatic rings. The van der Waals surface area contributed by atoms with Crippen molar-refractivity contribution in [2.45, 2.75) is 38.2 Å². The summed E-state index contributed by atoms with van der Waals surface area (Å²) in [7, 11) is -3.72. The second-order valence-electron chi connectivity index (χ2n) is 2.85. The molecule has 0 unspecified atom stereocenters. The summed E-state index contributed by atoms with van der Waals surface area (Å²) in [5.41, 5.74) is 0. The van der Waals surface area contributed by atoms with Gasteiger partial charge in [-0.1, -0.05) is 19.3 Å². The van der Waals surface area contributed by atoms with E-state index in [4.69, 9.17) is 5.14 Å². The van der Waals surface area contributed by atoms with Gasteiger partial charge in [-0.3, -0.25) is 4.18 Å². The van der Waals surface area contributed by atoms with Crippen LogP contribution in [0.2, 0.25) is 0 Å². The molecule has 0 spiro atoms. The number of hydrogen-bond acceptors (Lipinski definition) is 3. The van der Waals surface area contributed by atoms with Gasteiger partial charge < -0.3 is 0 Å². The van der Waals surface area contributed by atoms with Crippen molar-refractivity contribution in [3.8, 4) is 0 Å². The fraction of sp³-hybridized carbons (Fsp3) is 1.00. The molecule has 0 atom stereocenters. The first kappa shape index (κ1) is 13.5. The molecule has 68 valence electrons. The maximum atomic E-state index is 10.5. The van der Waals surface area contributed by atoms with Gasteiger partial charge in [-0.2, -0.15) is 8.42 Å². The van der Waals surface area contributed by atoms with E-state index in [1.807, 2.05) is 0 Å². The molecule has 0 aromatic heterocycles. The van der Waals surface area contributed by atoms with Crippen molar-refractivity contribution in [1.82, 2.24) is 0 Å². The third-order valence-corrected chi connectivity index (χ3v) is 2.36. The Kier molecular flexibility index (Phi) is 6.84. The molecular weight excluding hydrogens is 205 g/mol. The van der Waals surface area contributed by atoms with Crippen LogP contribution < -0.4 is 5.14 Å². The van der Waals surface area contributed by atoms with Gasteiger partial charge in [0, 0.05) is 0 Å². The summed E-state index contributed by atoms with van der Waals surface area (Å²) < 4.78 is 25.5. The summed E-state index contributed by atoms with van der Waals surface area (Å²) in [6, 6.07) is 0. The Hall–Kier alpha value is 1.51. The first-order chi connectivity index (χ1) is 5.08. The van der Waals surface area contributed by atoms with Crippen molar-refractivity contribution in [1.29, 1.82) is 0 Å². The molecular formula is C6H14KNO3S. The summed E-state index contributed by atoms with van der Waals surface area (Å²) in [5, 5.41) is 4.72. The quantitative estimate of drug-likeness (QED) is 0.659. The van der Waals surface area contributed by atoms with E-state index in [-0.39, 0.29) is 57.5 Å². The van der Waals surface area contributed by atoms with E-state index in [1.165, 1.54) is 6.42 Å². The second-order valence-corrected chi connectivity index (χ2v) is 4.03. The average Bonchev–Trinajstić information content (AvgIpc) is 1.85. The molecule has 1 saturated carbocycles. The van der Waals surface area contributed by atoms with Crippen molar-refractivity contribution in [2.24, 2.45) is 5.14 Å². The Morgan fingerprint density at radius 3 is 2.08 bits per heavy atom. The minimum absolute atomic E-state index is 0. The van der Waals surface area contributed by atoms with Gasteiger partial charge in [-0.15, -0.1) is 0 Å². The van der Waals surface area contributed by atoms with Crippen LogP contribution >= 0.6 is 0 Å². The van der Waals surface area contributed by atoms with Crippen molar-refractivity contribution in [2.75, 3.05) is 0 Å². The summed E-state index contributed by atoms with van der Waals surface area (Å²) in [4.78, 5) is 0. The van der Waals surface area contributed by atoms with Gasteiger partial charge in [0.25, 0.3) is 0 Å². The van der Waals surface area contributed by atoms with Crippen LogP contribution in [0.3, 0.4) is 0 Å². The molecule has 0 radical (unpaired) electrons. The zero-order chi connectivity index (χ0) is 8.32. The predicted octanol–water partition coefficient (Wildman–Crippen LogP) is -0.109. The maximum absolute atomic E-state index is 10.5. The van der Waals surface area contributed by atoms with Gasteiger partial charge >= 0.3 is 61.7 Å². The summed E-state index contributed by atoms with van der Waals surface area (Å²) in [6.07, 6.45) is 4.72. The van der Waals surface area contributed by atoms with E-state index >= 15 is 0 Å². The molecule has 1 aliphatic carbocycles. The standard InChI is InChI=1S/C6H13NO3S.K.H/c7-11(8,9)10-6-4-2-1-3-5-6;;/h6H,1-5H2,(H2,7,8,9);;. The van der Waals surface area contributed by atoms with Crippen LogP contribution in [0.1, 0.15) is 32.1 Å². The van der Waals surface area contributed by atoms with Crippen LogP contribution in [0.15, 0.2) is 0 Å². The van der Waals surface area contributed by atoms with Crippen molar-refractivity contribution < 1.29 is 12.6 Å². The van der Waals surface area contributed by atoms with E-state index in [9.17, 15) is 8.42 Å². The average molecular weight is 219 g/mol. The van der Waals surface area contributed by atoms with Crippen LogP contribution in [-0.4, -0.2) is 65.9 Å². The van der Waals surface area contributed by atoms with Crippen molar-refractivity contribution >= 4 is 61.7 Å². The van der Waals surface area contributed by atoms with Gasteiger partial charge in [0.1, 0.15) is 0 Å². The van der Waals surface area contributed by atoms with E-state index in [1.54, 1.807) is 0 Å². The normalized spacial score (nSPS) is 20.1. The van der Waals surface area contributed by atoms with Gasteiger partial charge in [-0.25, -0.2) is 5.14 Å². The fourth-order valence-corrected chi connectivity index (χ4v) is 1.92. The SMILES string of the molecule is NS(=O)(=O)OC1CCCCC1.[KH]. The summed E-state index contributed by atoms with van der Waals surface area (Å²) in [5.74, 6) is 0. The molecule has 1 fully saturated rings. The summed E-state index contributed by atoms with van der Waals surface area (Å²) in [6.45, 7) is 0. The van der Waals surface area contributed by atoms with Crippen molar-refractivity contribution in [3.05, 3.63) is 0 Å². The van der Waals surface area contributed by atoms with Crippen LogP contribution in [0.25, 0.3) is 0 Å². The predicted molar refractivity (Wildman–Crippen MR) is 48.2 cm³/mol. The van der Waals surface area contributed by atoms with Gasteiger partial charge in [-0.05, 0) is 12.8 Å². The molecule has 12 heavy (non-hydrogen) atoms. The van der Waals surface area contributed by atoms with E-state index in [0.717, 1.165) is 25.7 Å². The van der Waals surface area contributed by atoms with Crippen LogP contribution in [-0.2, 0) is 14.5 Å². The second kappa shape index (κ2) is 6.08. The summed E-state index contributed by atoms with van der Waals surface area (Å²) >= 11 is 0. The molecule has 1 rings (SSSR count). The fourth-order valence-electron chi connectivity index (χ4n) is 1.35. The molecule has 0 aliphatic heterocycles. The molecule has 0 saturated heterocycles. The molecule has 0 amide bonds. The third-order valence-electron chi connectivity index (χ3n) is 1.82. The van der Waals surface area contributed by atoms with E-state index < -0.39 is 10.3 Å². The van der Waals surface area contributed by atoms with Gasteiger partial charge in [0.2, 0.25) is 0 Å². The third kappa shape index (κ3) is 6.04. The van der Waals surface area contributed by atoms with Crippen LogP contribution in [0.4, 0.5) is 0 Å². The monoisotopic (exact) mass is 219 g/mol. The van der Waals surface area contributed by atoms with Gasteiger partial charge in [0.15, 0.2) is 0 Å². The topological polar surface area (TPSA) is 69.4 Å². The number of rotatable bonds is 2. The Bertz CT molecular complexity index is 211. The molecule has 6 heteroatoms. The zero-order valence-corrected chi connectivity index (χ0v) is 7.14. The molecule has 0 aromatic rings. The van der Waals surface area contributed by atoms with Crippen LogP contribution in [0.5, 0.6) is 0 Å². The first-order valence-corrected chi connectivity index (χ1v) is 5.26. The molecule has 2 N–H and O–H groups in total. The number of nitrogens with two attached hydrogens (primary N) is 1. The Labute approximate surface area is 116 Å². The minimum atomic E-state index is -3.72. The van der Waals surface area contributed by atoms with Crippen LogP contribution in [0, 0.1) is 0 Å². The zero-order valence-electron chi connectivity index (χ0n) is 6.32. The van der Waals surface area contributed by atoms with E-state index in [2.05, 4.69) is 4.18 Å². The Morgan fingerprint density at radius 2 is 1.67 bits per heavy atom. The van der Waals surface area contributed by atoms with Gasteiger partial charge in [0.05, 0.1) is 6.10 Å². The molecule has 4 nitrogen and oxygen atoms in total. The number of hydrogen-bond donors (Lipinski definition) is 1. The molecule has 0 bridgehead atoms. The Balaban J connectivity index is 0.00000121. The molecule has 0 heterocycles. The molecule has 0 aromatic carbocycles. The first-order valence-electron chi connectivity index (χ1n) is 3.79.